The lowest BCUT2D eigenvalue weighted by Gasteiger charge is -2.07. The second-order valence-corrected chi connectivity index (χ2v) is 3.64. The van der Waals surface area contributed by atoms with Crippen LogP contribution in [-0.2, 0) is 9.53 Å². The molecule has 0 saturated carbocycles. The number of benzene rings is 1. The number of carboxylic acids is 1. The first-order valence-electron chi connectivity index (χ1n) is 5.70. The van der Waals surface area contributed by atoms with E-state index in [-0.39, 0.29) is 18.7 Å². The van der Waals surface area contributed by atoms with E-state index in [1.54, 1.807) is 0 Å². The molecule has 0 aliphatic carbocycles. The molecule has 3 N–H and O–H groups in total. The Morgan fingerprint density at radius 2 is 1.90 bits per heavy atom. The highest BCUT2D eigenvalue weighted by Crippen LogP contribution is 2.09. The van der Waals surface area contributed by atoms with Crippen molar-refractivity contribution in [3.8, 4) is 0 Å². The smallest absolute Gasteiger partial charge is 0.335 e. The summed E-state index contributed by atoms with van der Waals surface area (Å²) in [7, 11) is 0. The highest BCUT2D eigenvalue weighted by atomic mass is 16.5. The Kier molecular flexibility index (Phi) is 5.76. The minimum absolute atomic E-state index is 0.0379. The molecule has 1 rings (SSSR count). The number of amides is 2. The van der Waals surface area contributed by atoms with Gasteiger partial charge in [0, 0.05) is 11.8 Å². The molecule has 0 aliphatic heterocycles. The van der Waals surface area contributed by atoms with Gasteiger partial charge in [0.2, 0.25) is 0 Å². The average Bonchev–Trinajstić information content (AvgIpc) is 2.43. The quantitative estimate of drug-likeness (QED) is 0.412. The minimum atomic E-state index is -1.04. The molecule has 0 fully saturated rings. The molecule has 1 aromatic carbocycles. The van der Waals surface area contributed by atoms with Crippen molar-refractivity contribution >= 4 is 23.7 Å². The van der Waals surface area contributed by atoms with Crippen LogP contribution in [0, 0.1) is 0 Å². The van der Waals surface area contributed by atoms with Crippen molar-refractivity contribution < 1.29 is 24.2 Å². The maximum atomic E-state index is 11.4. The molecule has 0 saturated heterocycles. The van der Waals surface area contributed by atoms with Crippen LogP contribution in [-0.4, -0.2) is 36.2 Å². The zero-order chi connectivity index (χ0) is 15.0. The predicted octanol–water partition coefficient (Wildman–Crippen LogP) is 1.24. The Balaban J connectivity index is 2.33. The lowest BCUT2D eigenvalue weighted by molar-refractivity contribution is -0.137. The van der Waals surface area contributed by atoms with Crippen molar-refractivity contribution in [2.45, 2.75) is 0 Å². The van der Waals surface area contributed by atoms with E-state index in [1.807, 2.05) is 0 Å². The van der Waals surface area contributed by atoms with Crippen LogP contribution >= 0.6 is 0 Å². The SMILES string of the molecule is C=CC(=O)OCCNC(=O)Nc1ccc(C(=O)O)cc1. The van der Waals surface area contributed by atoms with E-state index >= 15 is 0 Å². The molecule has 0 radical (unpaired) electrons. The van der Waals surface area contributed by atoms with Gasteiger partial charge in [-0.2, -0.15) is 0 Å². The summed E-state index contributed by atoms with van der Waals surface area (Å²) in [4.78, 5) is 32.8. The van der Waals surface area contributed by atoms with Crippen LogP contribution in [0.1, 0.15) is 10.4 Å². The third-order valence-corrected chi connectivity index (χ3v) is 2.19. The molecule has 0 aromatic heterocycles. The van der Waals surface area contributed by atoms with Crippen molar-refractivity contribution in [2.75, 3.05) is 18.5 Å². The fourth-order valence-corrected chi connectivity index (χ4v) is 1.25. The Hall–Kier alpha value is -2.83. The van der Waals surface area contributed by atoms with E-state index in [9.17, 15) is 14.4 Å². The summed E-state index contributed by atoms with van der Waals surface area (Å²) in [6.45, 7) is 3.42. The molecular weight excluding hydrogens is 264 g/mol. The molecule has 1 aromatic rings. The Morgan fingerprint density at radius 1 is 1.25 bits per heavy atom. The van der Waals surface area contributed by atoms with Gasteiger partial charge in [-0.3, -0.25) is 0 Å². The normalized spacial score (nSPS) is 9.40. The van der Waals surface area contributed by atoms with Crippen LogP contribution in [0.2, 0.25) is 0 Å². The summed E-state index contributed by atoms with van der Waals surface area (Å²) < 4.78 is 4.67. The van der Waals surface area contributed by atoms with Gasteiger partial charge in [0.25, 0.3) is 0 Å². The molecule has 0 atom stereocenters. The number of hydrogen-bond acceptors (Lipinski definition) is 4. The Bertz CT molecular complexity index is 510. The van der Waals surface area contributed by atoms with Gasteiger partial charge in [0.15, 0.2) is 0 Å². The molecule has 0 heterocycles. The topological polar surface area (TPSA) is 105 Å². The predicted molar refractivity (Wildman–Crippen MR) is 71.6 cm³/mol. The van der Waals surface area contributed by atoms with Crippen molar-refractivity contribution in [1.29, 1.82) is 0 Å². The third kappa shape index (κ3) is 5.21. The van der Waals surface area contributed by atoms with Crippen molar-refractivity contribution in [3.63, 3.8) is 0 Å². The van der Waals surface area contributed by atoms with Gasteiger partial charge in [-0.1, -0.05) is 6.58 Å². The largest absolute Gasteiger partial charge is 0.478 e. The number of hydrogen-bond donors (Lipinski definition) is 3. The first-order valence-corrected chi connectivity index (χ1v) is 5.70. The number of nitrogens with one attached hydrogen (secondary N) is 2. The Labute approximate surface area is 115 Å². The second-order valence-electron chi connectivity index (χ2n) is 3.64. The van der Waals surface area contributed by atoms with Gasteiger partial charge in [-0.25, -0.2) is 14.4 Å². The molecule has 0 spiro atoms. The zero-order valence-electron chi connectivity index (χ0n) is 10.6. The van der Waals surface area contributed by atoms with E-state index < -0.39 is 18.0 Å². The number of carbonyl (C=O) groups excluding carboxylic acids is 2. The Morgan fingerprint density at radius 3 is 2.45 bits per heavy atom. The number of carboxylic acid groups (broad SMARTS) is 1. The van der Waals surface area contributed by atoms with E-state index in [1.165, 1.54) is 24.3 Å². The maximum absolute atomic E-state index is 11.4. The van der Waals surface area contributed by atoms with Gasteiger partial charge >= 0.3 is 18.0 Å². The second kappa shape index (κ2) is 7.57. The average molecular weight is 278 g/mol. The maximum Gasteiger partial charge on any atom is 0.335 e. The summed E-state index contributed by atoms with van der Waals surface area (Å²) in [5.41, 5.74) is 0.586. The number of urea groups is 1. The summed E-state index contributed by atoms with van der Waals surface area (Å²) in [5.74, 6) is -1.60. The zero-order valence-corrected chi connectivity index (χ0v) is 10.6. The molecule has 0 bridgehead atoms. The highest BCUT2D eigenvalue weighted by Gasteiger charge is 2.04. The molecule has 0 aliphatic rings. The fourth-order valence-electron chi connectivity index (χ4n) is 1.25. The van der Waals surface area contributed by atoms with E-state index in [0.29, 0.717) is 5.69 Å². The fraction of sp³-hybridized carbons (Fsp3) is 0.154. The van der Waals surface area contributed by atoms with Crippen LogP contribution in [0.25, 0.3) is 0 Å². The van der Waals surface area contributed by atoms with Crippen LogP contribution in [0.3, 0.4) is 0 Å². The first kappa shape index (κ1) is 15.2. The van der Waals surface area contributed by atoms with Crippen LogP contribution in [0.4, 0.5) is 10.5 Å². The summed E-state index contributed by atoms with van der Waals surface area (Å²) >= 11 is 0. The molecule has 20 heavy (non-hydrogen) atoms. The molecule has 7 heteroatoms. The number of esters is 1. The third-order valence-electron chi connectivity index (χ3n) is 2.19. The molecule has 106 valence electrons. The summed E-state index contributed by atoms with van der Waals surface area (Å²) in [6.07, 6.45) is 1.03. The molecule has 0 unspecified atom stereocenters. The number of ether oxygens (including phenoxy) is 1. The van der Waals surface area contributed by atoms with Gasteiger partial charge in [0.1, 0.15) is 6.61 Å². The summed E-state index contributed by atoms with van der Waals surface area (Å²) in [6, 6.07) is 5.22. The van der Waals surface area contributed by atoms with Gasteiger partial charge in [0.05, 0.1) is 12.1 Å². The standard InChI is InChI=1S/C13H14N2O5/c1-2-11(16)20-8-7-14-13(19)15-10-5-3-9(4-6-10)12(17)18/h2-6H,1,7-8H2,(H,17,18)(H2,14,15,19). The lowest BCUT2D eigenvalue weighted by atomic mass is 10.2. The first-order chi connectivity index (χ1) is 9.52. The van der Waals surface area contributed by atoms with Crippen molar-refractivity contribution in [1.82, 2.24) is 5.32 Å². The number of anilines is 1. The number of rotatable bonds is 6. The summed E-state index contributed by atoms with van der Waals surface area (Å²) in [5, 5.41) is 13.7. The van der Waals surface area contributed by atoms with Gasteiger partial charge in [-0.15, -0.1) is 0 Å². The molecule has 7 nitrogen and oxygen atoms in total. The van der Waals surface area contributed by atoms with Gasteiger partial charge in [-0.05, 0) is 24.3 Å². The number of aromatic carboxylic acids is 1. The lowest BCUT2D eigenvalue weighted by Crippen LogP contribution is -2.31. The van der Waals surface area contributed by atoms with Crippen LogP contribution in [0.15, 0.2) is 36.9 Å². The van der Waals surface area contributed by atoms with E-state index in [4.69, 9.17) is 5.11 Å². The molecule has 2 amide bonds. The van der Waals surface area contributed by atoms with Crippen molar-refractivity contribution in [2.24, 2.45) is 0 Å². The van der Waals surface area contributed by atoms with E-state index in [2.05, 4.69) is 21.9 Å². The monoisotopic (exact) mass is 278 g/mol. The number of carbonyl (C=O) groups is 3. The van der Waals surface area contributed by atoms with Crippen LogP contribution in [0.5, 0.6) is 0 Å². The minimum Gasteiger partial charge on any atom is -0.478 e. The molecular formula is C13H14N2O5. The van der Waals surface area contributed by atoms with Crippen molar-refractivity contribution in [3.05, 3.63) is 42.5 Å². The highest BCUT2D eigenvalue weighted by molar-refractivity contribution is 5.91. The van der Waals surface area contributed by atoms with E-state index in [0.717, 1.165) is 6.08 Å². The van der Waals surface area contributed by atoms with Gasteiger partial charge < -0.3 is 20.5 Å². The van der Waals surface area contributed by atoms with Crippen LogP contribution < -0.4 is 10.6 Å².